The van der Waals surface area contributed by atoms with Crippen molar-refractivity contribution in [3.63, 3.8) is 0 Å². The Morgan fingerprint density at radius 2 is 1.58 bits per heavy atom. The van der Waals surface area contributed by atoms with Gasteiger partial charge in [0.15, 0.2) is 9.84 Å². The van der Waals surface area contributed by atoms with Gasteiger partial charge >= 0.3 is 0 Å². The summed E-state index contributed by atoms with van der Waals surface area (Å²) in [7, 11) is -3.00. The molecule has 1 atom stereocenters. The molecule has 8 heteroatoms. The molecule has 1 saturated carbocycles. The number of benzene rings is 1. The first-order valence-electron chi connectivity index (χ1n) is 8.90. The Labute approximate surface area is 158 Å². The predicted octanol–water partition coefficient (Wildman–Crippen LogP) is 2.39. The molecular formula is C18H23ClN2O4S. The van der Waals surface area contributed by atoms with Gasteiger partial charge in [-0.1, -0.05) is 23.7 Å². The molecule has 2 aliphatic rings. The Morgan fingerprint density at radius 1 is 0.962 bits per heavy atom. The largest absolute Gasteiger partial charge is 0.352 e. The second kappa shape index (κ2) is 7.96. The normalized spacial score (nSPS) is 27.7. The molecule has 1 aromatic carbocycles. The van der Waals surface area contributed by atoms with Gasteiger partial charge in [-0.05, 0) is 44.2 Å². The van der Waals surface area contributed by atoms with E-state index in [0.29, 0.717) is 42.8 Å². The molecule has 142 valence electrons. The quantitative estimate of drug-likeness (QED) is 0.814. The third-order valence-electron chi connectivity index (χ3n) is 5.18. The van der Waals surface area contributed by atoms with Crippen LogP contribution >= 0.6 is 11.6 Å². The Morgan fingerprint density at radius 3 is 2.15 bits per heavy atom. The monoisotopic (exact) mass is 398 g/mol. The van der Waals surface area contributed by atoms with Crippen molar-refractivity contribution in [3.8, 4) is 0 Å². The number of halogens is 1. The van der Waals surface area contributed by atoms with Crippen LogP contribution in [0.25, 0.3) is 0 Å². The van der Waals surface area contributed by atoms with E-state index in [0.717, 1.165) is 0 Å². The van der Waals surface area contributed by atoms with Crippen molar-refractivity contribution in [2.45, 2.75) is 38.1 Å². The number of nitrogens with one attached hydrogen (secondary N) is 2. The smallest absolute Gasteiger partial charge is 0.227 e. The zero-order valence-electron chi connectivity index (χ0n) is 14.4. The van der Waals surface area contributed by atoms with Gasteiger partial charge in [0.2, 0.25) is 11.8 Å². The first kappa shape index (κ1) is 19.2. The average molecular weight is 399 g/mol. The lowest BCUT2D eigenvalue weighted by Gasteiger charge is -2.28. The summed E-state index contributed by atoms with van der Waals surface area (Å²) in [5.41, 5.74) is 0.599. The molecule has 26 heavy (non-hydrogen) atoms. The fourth-order valence-corrected chi connectivity index (χ4v) is 5.50. The lowest BCUT2D eigenvalue weighted by atomic mass is 9.81. The van der Waals surface area contributed by atoms with Gasteiger partial charge in [0, 0.05) is 17.9 Å². The third kappa shape index (κ3) is 4.76. The fraction of sp³-hybridized carbons (Fsp3) is 0.556. The van der Waals surface area contributed by atoms with Gasteiger partial charge in [-0.2, -0.15) is 0 Å². The lowest BCUT2D eigenvalue weighted by molar-refractivity contribution is -0.129. The molecule has 1 aliphatic heterocycles. The van der Waals surface area contributed by atoms with E-state index in [-0.39, 0.29) is 41.2 Å². The number of para-hydroxylation sites is 1. The van der Waals surface area contributed by atoms with Crippen LogP contribution in [0.2, 0.25) is 5.02 Å². The molecule has 0 bridgehead atoms. The lowest BCUT2D eigenvalue weighted by Crippen LogP contribution is -2.41. The van der Waals surface area contributed by atoms with Crippen molar-refractivity contribution < 1.29 is 18.0 Å². The van der Waals surface area contributed by atoms with Gasteiger partial charge in [-0.25, -0.2) is 8.42 Å². The number of sulfone groups is 1. The molecule has 0 spiro atoms. The Hall–Kier alpha value is -1.60. The van der Waals surface area contributed by atoms with Crippen molar-refractivity contribution in [2.75, 3.05) is 16.8 Å². The zero-order valence-corrected chi connectivity index (χ0v) is 16.0. The van der Waals surface area contributed by atoms with E-state index in [9.17, 15) is 18.0 Å². The van der Waals surface area contributed by atoms with Crippen LogP contribution < -0.4 is 10.6 Å². The van der Waals surface area contributed by atoms with E-state index in [2.05, 4.69) is 10.6 Å². The van der Waals surface area contributed by atoms with Gasteiger partial charge in [0.25, 0.3) is 0 Å². The highest BCUT2D eigenvalue weighted by Crippen LogP contribution is 2.31. The molecule has 1 unspecified atom stereocenters. The second-order valence-corrected chi connectivity index (χ2v) is 9.76. The van der Waals surface area contributed by atoms with Gasteiger partial charge in [-0.15, -0.1) is 0 Å². The molecule has 0 radical (unpaired) electrons. The summed E-state index contributed by atoms with van der Waals surface area (Å²) < 4.78 is 23.0. The number of carbonyl (C=O) groups is 2. The molecule has 2 N–H and O–H groups in total. The number of hydrogen-bond acceptors (Lipinski definition) is 4. The van der Waals surface area contributed by atoms with E-state index in [4.69, 9.17) is 11.6 Å². The first-order valence-corrected chi connectivity index (χ1v) is 11.1. The maximum atomic E-state index is 12.4. The number of amides is 2. The Balaban J connectivity index is 1.47. The maximum Gasteiger partial charge on any atom is 0.227 e. The fourth-order valence-electron chi connectivity index (χ4n) is 3.64. The average Bonchev–Trinajstić information content (AvgIpc) is 2.95. The first-order chi connectivity index (χ1) is 12.3. The van der Waals surface area contributed by atoms with Gasteiger partial charge in [0.1, 0.15) is 0 Å². The molecule has 2 amide bonds. The van der Waals surface area contributed by atoms with Gasteiger partial charge in [-0.3, -0.25) is 9.59 Å². The topological polar surface area (TPSA) is 92.3 Å². The minimum Gasteiger partial charge on any atom is -0.352 e. The SMILES string of the molecule is O=C(Nc1ccccc1Cl)C1CCC(C(=O)NC2CCS(=O)(=O)C2)CC1. The number of rotatable bonds is 4. The van der Waals surface area contributed by atoms with E-state index in [1.54, 1.807) is 18.2 Å². The molecule has 6 nitrogen and oxygen atoms in total. The minimum atomic E-state index is -3.00. The van der Waals surface area contributed by atoms with Crippen LogP contribution in [-0.4, -0.2) is 37.8 Å². The van der Waals surface area contributed by atoms with Crippen LogP contribution in [0.4, 0.5) is 5.69 Å². The molecule has 1 saturated heterocycles. The zero-order chi connectivity index (χ0) is 18.7. The molecular weight excluding hydrogens is 376 g/mol. The third-order valence-corrected chi connectivity index (χ3v) is 7.28. The number of hydrogen-bond donors (Lipinski definition) is 2. The standard InChI is InChI=1S/C18H23ClN2O4S/c19-15-3-1-2-4-16(15)21-18(23)13-7-5-12(6-8-13)17(22)20-14-9-10-26(24,25)11-14/h1-4,12-14H,5-11H2,(H,20,22)(H,21,23). The molecule has 1 aromatic rings. The molecule has 3 rings (SSSR count). The van der Waals surface area contributed by atoms with Crippen LogP contribution in [0.3, 0.4) is 0 Å². The maximum absolute atomic E-state index is 12.4. The number of carbonyl (C=O) groups excluding carboxylic acids is 2. The summed E-state index contributed by atoms with van der Waals surface area (Å²) in [5, 5.41) is 6.21. The summed E-state index contributed by atoms with van der Waals surface area (Å²) in [6.07, 6.45) is 3.02. The number of anilines is 1. The van der Waals surface area contributed by atoms with E-state index < -0.39 is 9.84 Å². The Bertz CT molecular complexity index is 788. The van der Waals surface area contributed by atoms with Crippen molar-refractivity contribution >= 4 is 38.9 Å². The van der Waals surface area contributed by atoms with E-state index in [1.165, 1.54) is 0 Å². The summed E-state index contributed by atoms with van der Waals surface area (Å²) in [6.45, 7) is 0. The van der Waals surface area contributed by atoms with Crippen LogP contribution in [0.1, 0.15) is 32.1 Å². The van der Waals surface area contributed by atoms with Gasteiger partial charge < -0.3 is 10.6 Å². The highest BCUT2D eigenvalue weighted by atomic mass is 35.5. The summed E-state index contributed by atoms with van der Waals surface area (Å²) in [6, 6.07) is 6.83. The van der Waals surface area contributed by atoms with Crippen LogP contribution in [-0.2, 0) is 19.4 Å². The summed E-state index contributed by atoms with van der Waals surface area (Å²) >= 11 is 6.06. The summed E-state index contributed by atoms with van der Waals surface area (Å²) in [4.78, 5) is 24.8. The van der Waals surface area contributed by atoms with Crippen LogP contribution in [0, 0.1) is 11.8 Å². The van der Waals surface area contributed by atoms with E-state index >= 15 is 0 Å². The van der Waals surface area contributed by atoms with Crippen LogP contribution in [0.5, 0.6) is 0 Å². The van der Waals surface area contributed by atoms with Crippen molar-refractivity contribution in [1.29, 1.82) is 0 Å². The highest BCUT2D eigenvalue weighted by Gasteiger charge is 2.33. The van der Waals surface area contributed by atoms with Gasteiger partial charge in [0.05, 0.1) is 22.2 Å². The highest BCUT2D eigenvalue weighted by molar-refractivity contribution is 7.91. The molecule has 1 aliphatic carbocycles. The van der Waals surface area contributed by atoms with E-state index in [1.807, 2.05) is 6.07 Å². The van der Waals surface area contributed by atoms with Crippen LogP contribution in [0.15, 0.2) is 24.3 Å². The minimum absolute atomic E-state index is 0.0360. The van der Waals surface area contributed by atoms with Crippen molar-refractivity contribution in [2.24, 2.45) is 11.8 Å². The van der Waals surface area contributed by atoms with Crippen molar-refractivity contribution in [1.82, 2.24) is 5.32 Å². The molecule has 0 aromatic heterocycles. The van der Waals surface area contributed by atoms with Crippen molar-refractivity contribution in [3.05, 3.63) is 29.3 Å². The Kier molecular flexibility index (Phi) is 5.87. The molecule has 1 heterocycles. The second-order valence-electron chi connectivity index (χ2n) is 7.13. The molecule has 2 fully saturated rings. The predicted molar refractivity (Wildman–Crippen MR) is 101 cm³/mol. The summed E-state index contributed by atoms with van der Waals surface area (Å²) in [5.74, 6) is -0.262.